The van der Waals surface area contributed by atoms with Gasteiger partial charge < -0.3 is 10.8 Å². The summed E-state index contributed by atoms with van der Waals surface area (Å²) < 4.78 is 25.3. The van der Waals surface area contributed by atoms with Gasteiger partial charge in [-0.3, -0.25) is 4.79 Å². The lowest BCUT2D eigenvalue weighted by molar-refractivity contribution is 0.498. The summed E-state index contributed by atoms with van der Waals surface area (Å²) in [5.74, 6) is -0.721. The number of nitrogen functional groups attached to an aromatic ring is 1. The van der Waals surface area contributed by atoms with Crippen LogP contribution in [-0.2, 0) is 10.0 Å². The largest absolute Gasteiger partial charge is 0.512 e. The number of aliphatic hydroxyl groups is 1. The number of rotatable bonds is 2. The molecule has 0 spiro atoms. The van der Waals surface area contributed by atoms with Crippen molar-refractivity contribution >= 4 is 50.4 Å². The standard InChI is InChI=1S/C15H12Cl2N4O4S/c1-6(22)9-13(18)20-14-11(26(19,24)25)10(12(17)21(14)15(9)23)7-2-4-8(16)5-3-7/h2-5,22H,1H3,(H2,18,20)(H2,19,24,25)/b9-6+. The first-order valence-corrected chi connectivity index (χ1v) is 9.36. The number of sulfonamides is 1. The third-order valence-corrected chi connectivity index (χ3v) is 5.29. The molecule has 5 N–H and O–H groups in total. The highest BCUT2D eigenvalue weighted by atomic mass is 35.5. The first kappa shape index (κ1) is 18.5. The second-order valence-corrected chi connectivity index (χ2v) is 7.76. The van der Waals surface area contributed by atoms with E-state index in [9.17, 15) is 18.3 Å². The number of primary sulfonamides is 1. The Hall–Kier alpha value is -2.33. The van der Waals surface area contributed by atoms with Gasteiger partial charge in [0.05, 0.1) is 0 Å². The highest BCUT2D eigenvalue weighted by molar-refractivity contribution is 7.89. The lowest BCUT2D eigenvalue weighted by atomic mass is 10.1. The van der Waals surface area contributed by atoms with Gasteiger partial charge in [-0.1, -0.05) is 35.3 Å². The molecule has 136 valence electrons. The molecule has 3 aromatic rings. The predicted molar refractivity (Wildman–Crippen MR) is 99.6 cm³/mol. The van der Waals surface area contributed by atoms with E-state index >= 15 is 0 Å². The number of benzene rings is 1. The van der Waals surface area contributed by atoms with E-state index in [4.69, 9.17) is 34.1 Å². The van der Waals surface area contributed by atoms with Gasteiger partial charge in [-0.05, 0) is 24.6 Å². The SMILES string of the molecule is C/C(O)=c1/c(N)nc2c(S(N)(=O)=O)c(-c3ccc(Cl)cc3)c(Cl)n2c1=O. The zero-order valence-corrected chi connectivity index (χ0v) is 15.5. The van der Waals surface area contributed by atoms with Gasteiger partial charge in [-0.15, -0.1) is 0 Å². The molecular weight excluding hydrogens is 403 g/mol. The summed E-state index contributed by atoms with van der Waals surface area (Å²) in [6, 6.07) is 6.10. The van der Waals surface area contributed by atoms with Gasteiger partial charge in [0.15, 0.2) is 5.65 Å². The van der Waals surface area contributed by atoms with Crippen LogP contribution >= 0.6 is 23.2 Å². The number of fused-ring (bicyclic) bond motifs is 1. The van der Waals surface area contributed by atoms with E-state index < -0.39 is 20.5 Å². The van der Waals surface area contributed by atoms with Crippen LogP contribution in [0.15, 0.2) is 34.0 Å². The second kappa shape index (κ2) is 6.13. The zero-order chi connectivity index (χ0) is 19.4. The quantitative estimate of drug-likeness (QED) is 0.576. The number of hydrogen-bond acceptors (Lipinski definition) is 6. The van der Waals surface area contributed by atoms with Crippen molar-refractivity contribution in [3.63, 3.8) is 0 Å². The number of hydrogen-bond donors (Lipinski definition) is 3. The number of halogens is 2. The van der Waals surface area contributed by atoms with Crippen molar-refractivity contribution in [1.29, 1.82) is 0 Å². The maximum Gasteiger partial charge on any atom is 0.271 e. The molecular formula is C15H12Cl2N4O4S. The van der Waals surface area contributed by atoms with Crippen molar-refractivity contribution in [2.24, 2.45) is 5.14 Å². The van der Waals surface area contributed by atoms with E-state index in [2.05, 4.69) is 4.98 Å². The Morgan fingerprint density at radius 3 is 2.31 bits per heavy atom. The van der Waals surface area contributed by atoms with E-state index in [1.165, 1.54) is 31.2 Å². The van der Waals surface area contributed by atoms with E-state index in [0.717, 1.165) is 4.40 Å². The molecule has 0 fully saturated rings. The molecule has 26 heavy (non-hydrogen) atoms. The first-order valence-electron chi connectivity index (χ1n) is 7.06. The minimum absolute atomic E-state index is 0.0115. The maximum absolute atomic E-state index is 12.7. The van der Waals surface area contributed by atoms with Crippen molar-refractivity contribution in [1.82, 2.24) is 9.38 Å². The molecule has 2 aromatic heterocycles. The molecule has 0 aliphatic carbocycles. The number of aromatic nitrogens is 2. The highest BCUT2D eigenvalue weighted by Gasteiger charge is 2.29. The summed E-state index contributed by atoms with van der Waals surface area (Å²) in [5, 5.41) is 15.0. The Morgan fingerprint density at radius 1 is 1.23 bits per heavy atom. The van der Waals surface area contributed by atoms with Gasteiger partial charge >= 0.3 is 0 Å². The number of nitrogens with zero attached hydrogens (tertiary/aromatic N) is 2. The molecule has 0 saturated carbocycles. The molecule has 0 amide bonds. The maximum atomic E-state index is 12.7. The molecule has 0 saturated heterocycles. The van der Waals surface area contributed by atoms with Gasteiger partial charge in [0.25, 0.3) is 5.56 Å². The third-order valence-electron chi connectivity index (χ3n) is 3.72. The Balaban J connectivity index is 2.64. The smallest absolute Gasteiger partial charge is 0.271 e. The lowest BCUT2D eigenvalue weighted by Crippen LogP contribution is -2.36. The van der Waals surface area contributed by atoms with Gasteiger partial charge in [0.1, 0.15) is 26.8 Å². The molecule has 0 unspecified atom stereocenters. The minimum atomic E-state index is -4.33. The Bertz CT molecular complexity index is 1260. The van der Waals surface area contributed by atoms with Crippen LogP contribution in [0.1, 0.15) is 6.92 Å². The molecule has 8 nitrogen and oxygen atoms in total. The molecule has 0 aliphatic rings. The fourth-order valence-corrected chi connectivity index (χ4v) is 4.10. The summed E-state index contributed by atoms with van der Waals surface area (Å²) in [6.07, 6.45) is 0. The first-order chi connectivity index (χ1) is 12.0. The van der Waals surface area contributed by atoms with Crippen LogP contribution in [0.3, 0.4) is 0 Å². The second-order valence-electron chi connectivity index (χ2n) is 5.47. The average Bonchev–Trinajstić information content (AvgIpc) is 2.80. The molecule has 0 atom stereocenters. The number of anilines is 1. The van der Waals surface area contributed by atoms with Crippen LogP contribution in [0.25, 0.3) is 22.5 Å². The normalized spacial score (nSPS) is 13.2. The molecule has 3 rings (SSSR count). The Morgan fingerprint density at radius 2 is 1.81 bits per heavy atom. The molecule has 1 aromatic carbocycles. The van der Waals surface area contributed by atoms with Crippen molar-refractivity contribution in [3.8, 4) is 11.1 Å². The van der Waals surface area contributed by atoms with Crippen LogP contribution in [0.2, 0.25) is 10.2 Å². The van der Waals surface area contributed by atoms with Crippen LogP contribution in [0.5, 0.6) is 0 Å². The summed E-state index contributed by atoms with van der Waals surface area (Å²) in [4.78, 5) is 16.2. The monoisotopic (exact) mass is 414 g/mol. The van der Waals surface area contributed by atoms with Crippen LogP contribution in [0, 0.1) is 0 Å². The van der Waals surface area contributed by atoms with Crippen molar-refractivity contribution < 1.29 is 13.5 Å². The summed E-state index contributed by atoms with van der Waals surface area (Å²) in [5.41, 5.74) is 4.92. The molecule has 0 radical (unpaired) electrons. The van der Waals surface area contributed by atoms with Crippen LogP contribution in [-0.4, -0.2) is 22.9 Å². The summed E-state index contributed by atoms with van der Waals surface area (Å²) in [7, 11) is -4.33. The van der Waals surface area contributed by atoms with E-state index in [1.807, 2.05) is 0 Å². The Labute approximate surface area is 157 Å². The van der Waals surface area contributed by atoms with E-state index in [-0.39, 0.29) is 33.2 Å². The van der Waals surface area contributed by atoms with Gasteiger partial charge in [-0.2, -0.15) is 0 Å². The van der Waals surface area contributed by atoms with Crippen molar-refractivity contribution in [3.05, 3.63) is 50.0 Å². The van der Waals surface area contributed by atoms with E-state index in [1.54, 1.807) is 0 Å². The summed E-state index contributed by atoms with van der Waals surface area (Å²) >= 11 is 12.2. The van der Waals surface area contributed by atoms with Crippen molar-refractivity contribution in [2.45, 2.75) is 11.8 Å². The molecule has 0 bridgehead atoms. The Kier molecular flexibility index (Phi) is 4.35. The lowest BCUT2D eigenvalue weighted by Gasteiger charge is -2.03. The molecule has 0 aliphatic heterocycles. The third kappa shape index (κ3) is 2.78. The van der Waals surface area contributed by atoms with Gasteiger partial charge in [-0.25, -0.2) is 22.9 Å². The topological polar surface area (TPSA) is 141 Å². The fourth-order valence-electron chi connectivity index (χ4n) is 2.67. The minimum Gasteiger partial charge on any atom is -0.512 e. The van der Waals surface area contributed by atoms with Crippen molar-refractivity contribution in [2.75, 3.05) is 5.73 Å². The number of nitrogens with two attached hydrogens (primary N) is 2. The fraction of sp³-hybridized carbons (Fsp3) is 0.0667. The van der Waals surface area contributed by atoms with Gasteiger partial charge in [0, 0.05) is 10.6 Å². The molecule has 11 heteroatoms. The van der Waals surface area contributed by atoms with Crippen LogP contribution < -0.4 is 21.7 Å². The molecule has 2 heterocycles. The van der Waals surface area contributed by atoms with E-state index in [0.29, 0.717) is 10.6 Å². The average molecular weight is 415 g/mol. The van der Waals surface area contributed by atoms with Crippen LogP contribution in [0.4, 0.5) is 5.82 Å². The number of aliphatic hydroxyl groups excluding tert-OH is 1. The predicted octanol–water partition coefficient (Wildman–Crippen LogP) is 1.30. The highest BCUT2D eigenvalue weighted by Crippen LogP contribution is 2.37. The van der Waals surface area contributed by atoms with Gasteiger partial charge in [0.2, 0.25) is 10.0 Å². The zero-order valence-electron chi connectivity index (χ0n) is 13.2. The summed E-state index contributed by atoms with van der Waals surface area (Å²) in [6.45, 7) is 1.25.